The van der Waals surface area contributed by atoms with E-state index in [-0.39, 0.29) is 6.10 Å². The molecule has 0 saturated heterocycles. The second-order valence-corrected chi connectivity index (χ2v) is 10.1. The molecule has 0 amide bonds. The second-order valence-electron chi connectivity index (χ2n) is 10.1. The highest BCUT2D eigenvalue weighted by molar-refractivity contribution is 5.09. The average Bonchev–Trinajstić information content (AvgIpc) is 2.74. The summed E-state index contributed by atoms with van der Waals surface area (Å²) in [6, 6.07) is 0. The zero-order valence-electron chi connectivity index (χ0n) is 14.6. The highest BCUT2D eigenvalue weighted by Gasteiger charge is 2.59. The number of fused-ring (bicyclic) bond motifs is 5. The van der Waals surface area contributed by atoms with Crippen molar-refractivity contribution < 1.29 is 10.2 Å². The van der Waals surface area contributed by atoms with E-state index in [0.717, 1.165) is 43.4 Å². The van der Waals surface area contributed by atoms with Crippen LogP contribution in [-0.4, -0.2) is 21.9 Å². The summed E-state index contributed by atoms with van der Waals surface area (Å²) in [4.78, 5) is 0. The molecule has 3 unspecified atom stereocenters. The van der Waals surface area contributed by atoms with Crippen LogP contribution in [0, 0.1) is 34.5 Å². The van der Waals surface area contributed by atoms with E-state index in [4.69, 9.17) is 0 Å². The fraction of sp³-hybridized carbons (Fsp3) is 1.00. The summed E-state index contributed by atoms with van der Waals surface area (Å²) in [6.07, 6.45) is 10.6. The molecule has 4 fully saturated rings. The van der Waals surface area contributed by atoms with E-state index in [2.05, 4.69) is 13.8 Å². The molecule has 8 atom stereocenters. The molecule has 4 aliphatic rings. The maximum Gasteiger partial charge on any atom is 0.0622 e. The van der Waals surface area contributed by atoms with Crippen molar-refractivity contribution in [3.63, 3.8) is 0 Å². The van der Waals surface area contributed by atoms with Gasteiger partial charge in [-0.25, -0.2) is 0 Å². The van der Waals surface area contributed by atoms with Crippen molar-refractivity contribution in [2.45, 2.75) is 90.3 Å². The molecule has 2 heteroatoms. The van der Waals surface area contributed by atoms with Gasteiger partial charge in [0.1, 0.15) is 0 Å². The Morgan fingerprint density at radius 3 is 2.41 bits per heavy atom. The van der Waals surface area contributed by atoms with E-state index in [0.29, 0.717) is 16.7 Å². The highest BCUT2D eigenvalue weighted by Crippen LogP contribution is 2.66. The average molecular weight is 306 g/mol. The van der Waals surface area contributed by atoms with E-state index in [1.807, 2.05) is 6.92 Å². The predicted octanol–water partition coefficient (Wildman–Crippen LogP) is 4.14. The lowest BCUT2D eigenvalue weighted by atomic mass is 9.44. The van der Waals surface area contributed by atoms with Crippen LogP contribution in [0.2, 0.25) is 0 Å². The lowest BCUT2D eigenvalue weighted by Crippen LogP contribution is -2.54. The molecule has 0 aromatic rings. The zero-order chi connectivity index (χ0) is 15.8. The van der Waals surface area contributed by atoms with Gasteiger partial charge in [-0.3, -0.25) is 0 Å². The Kier molecular flexibility index (Phi) is 3.32. The van der Waals surface area contributed by atoms with Crippen LogP contribution in [0.4, 0.5) is 0 Å². The Morgan fingerprint density at radius 1 is 0.864 bits per heavy atom. The van der Waals surface area contributed by atoms with Gasteiger partial charge < -0.3 is 10.2 Å². The molecule has 2 N–H and O–H groups in total. The van der Waals surface area contributed by atoms with E-state index in [1.165, 1.54) is 32.1 Å². The molecule has 0 bridgehead atoms. The van der Waals surface area contributed by atoms with Crippen LogP contribution in [0.3, 0.4) is 0 Å². The normalized spacial score (nSPS) is 61.2. The van der Waals surface area contributed by atoms with Crippen LogP contribution in [0.15, 0.2) is 0 Å². The summed E-state index contributed by atoms with van der Waals surface area (Å²) in [5, 5.41) is 20.8. The summed E-state index contributed by atoms with van der Waals surface area (Å²) >= 11 is 0. The Bertz CT molecular complexity index is 459. The maximum atomic E-state index is 10.5. The van der Waals surface area contributed by atoms with Gasteiger partial charge in [0.25, 0.3) is 0 Å². The summed E-state index contributed by atoms with van der Waals surface area (Å²) in [6.45, 7) is 7.03. The number of rotatable bonds is 0. The third-order valence-corrected chi connectivity index (χ3v) is 8.70. The van der Waals surface area contributed by atoms with Gasteiger partial charge in [-0.1, -0.05) is 13.8 Å². The lowest BCUT2D eigenvalue weighted by Gasteiger charge is -2.61. The zero-order valence-corrected chi connectivity index (χ0v) is 14.6. The summed E-state index contributed by atoms with van der Waals surface area (Å²) in [5.74, 6) is 3.14. The summed E-state index contributed by atoms with van der Waals surface area (Å²) in [5.41, 5.74) is 0.424. The van der Waals surface area contributed by atoms with Gasteiger partial charge in [0, 0.05) is 0 Å². The minimum Gasteiger partial charge on any atom is -0.393 e. The molecule has 126 valence electrons. The molecule has 22 heavy (non-hydrogen) atoms. The first-order valence-corrected chi connectivity index (χ1v) is 9.64. The van der Waals surface area contributed by atoms with E-state index >= 15 is 0 Å². The van der Waals surface area contributed by atoms with Crippen molar-refractivity contribution in [1.82, 2.24) is 0 Å². The van der Waals surface area contributed by atoms with Gasteiger partial charge in [0.15, 0.2) is 0 Å². The topological polar surface area (TPSA) is 40.5 Å². The Balaban J connectivity index is 1.61. The van der Waals surface area contributed by atoms with Crippen LogP contribution in [0.5, 0.6) is 0 Å². The largest absolute Gasteiger partial charge is 0.393 e. The summed E-state index contributed by atoms with van der Waals surface area (Å²) in [7, 11) is 0. The Hall–Kier alpha value is -0.0800. The second kappa shape index (κ2) is 4.72. The first kappa shape index (κ1) is 15.4. The van der Waals surface area contributed by atoms with Gasteiger partial charge in [0.2, 0.25) is 0 Å². The molecule has 0 radical (unpaired) electrons. The Labute approximate surface area is 135 Å². The molecule has 0 aromatic carbocycles. The number of aliphatic hydroxyl groups excluding tert-OH is 1. The van der Waals surface area contributed by atoms with Gasteiger partial charge in [-0.2, -0.15) is 0 Å². The monoisotopic (exact) mass is 306 g/mol. The smallest absolute Gasteiger partial charge is 0.0622 e. The maximum absolute atomic E-state index is 10.5. The number of aliphatic hydroxyl groups is 2. The van der Waals surface area contributed by atoms with Crippen LogP contribution in [-0.2, 0) is 0 Å². The molecule has 0 aliphatic heterocycles. The van der Waals surface area contributed by atoms with Crippen LogP contribution in [0.25, 0.3) is 0 Å². The quantitative estimate of drug-likeness (QED) is 0.706. The van der Waals surface area contributed by atoms with Crippen molar-refractivity contribution in [3.8, 4) is 0 Å². The molecule has 4 rings (SSSR count). The van der Waals surface area contributed by atoms with Crippen molar-refractivity contribution in [1.29, 1.82) is 0 Å². The van der Waals surface area contributed by atoms with Gasteiger partial charge in [0.05, 0.1) is 11.7 Å². The highest BCUT2D eigenvalue weighted by atomic mass is 16.3. The molecular weight excluding hydrogens is 272 g/mol. The standard InChI is InChI=1S/C20H34O2/c1-18-7-6-16-15(17(18)10-14(21)12-18)5-4-13-11-19(2,22)8-9-20(13,16)3/h13-17,21-22H,4-12H2,1-3H3/t13?,14?,15-,16+,17+,18-,19?,20+/m1/s1. The first-order valence-electron chi connectivity index (χ1n) is 9.64. The molecule has 0 spiro atoms. The lowest BCUT2D eigenvalue weighted by molar-refractivity contribution is -0.142. The third kappa shape index (κ3) is 2.13. The minimum absolute atomic E-state index is 0.0497. The molecule has 0 aromatic heterocycles. The number of hydrogen-bond donors (Lipinski definition) is 2. The van der Waals surface area contributed by atoms with E-state index < -0.39 is 5.60 Å². The minimum atomic E-state index is -0.427. The number of hydrogen-bond acceptors (Lipinski definition) is 2. The first-order chi connectivity index (χ1) is 10.2. The van der Waals surface area contributed by atoms with Crippen molar-refractivity contribution >= 4 is 0 Å². The van der Waals surface area contributed by atoms with Crippen LogP contribution >= 0.6 is 0 Å². The van der Waals surface area contributed by atoms with E-state index in [1.54, 1.807) is 0 Å². The van der Waals surface area contributed by atoms with E-state index in [9.17, 15) is 10.2 Å². The van der Waals surface area contributed by atoms with Crippen molar-refractivity contribution in [2.24, 2.45) is 34.5 Å². The fourth-order valence-corrected chi connectivity index (χ4v) is 7.45. The SMILES string of the molecule is CC1(O)CC[C@@]2(C)C(CC[C@H]3[C@@H]4CC(O)C[C@@]4(C)CC[C@@H]32)C1. The summed E-state index contributed by atoms with van der Waals surface area (Å²) < 4.78 is 0. The van der Waals surface area contributed by atoms with Crippen molar-refractivity contribution in [3.05, 3.63) is 0 Å². The fourth-order valence-electron chi connectivity index (χ4n) is 7.45. The molecule has 4 saturated carbocycles. The van der Waals surface area contributed by atoms with Crippen molar-refractivity contribution in [2.75, 3.05) is 0 Å². The van der Waals surface area contributed by atoms with Gasteiger partial charge in [-0.15, -0.1) is 0 Å². The van der Waals surface area contributed by atoms with Gasteiger partial charge in [-0.05, 0) is 99.2 Å². The van der Waals surface area contributed by atoms with Gasteiger partial charge >= 0.3 is 0 Å². The van der Waals surface area contributed by atoms with Crippen LogP contribution < -0.4 is 0 Å². The molecule has 4 aliphatic carbocycles. The predicted molar refractivity (Wildman–Crippen MR) is 88.4 cm³/mol. The molecular formula is C20H34O2. The third-order valence-electron chi connectivity index (χ3n) is 8.70. The molecule has 2 nitrogen and oxygen atoms in total. The Morgan fingerprint density at radius 2 is 1.64 bits per heavy atom. The molecule has 0 heterocycles. The van der Waals surface area contributed by atoms with Crippen LogP contribution in [0.1, 0.15) is 78.6 Å².